The Morgan fingerprint density at radius 1 is 0.370 bits per heavy atom. The van der Waals surface area contributed by atoms with Crippen LogP contribution in [0.4, 0.5) is 0 Å². The Bertz CT molecular complexity index is 2240. The van der Waals surface area contributed by atoms with Gasteiger partial charge in [0, 0.05) is 0 Å². The predicted molar refractivity (Wildman–Crippen MR) is 206 cm³/mol. The second-order valence-electron chi connectivity index (χ2n) is 12.1. The molecule has 9 heteroatoms. The number of esters is 3. The van der Waals surface area contributed by atoms with Crippen LogP contribution in [-0.4, -0.2) is 37.7 Å². The lowest BCUT2D eigenvalue weighted by atomic mass is 9.99. The summed E-state index contributed by atoms with van der Waals surface area (Å²) in [7, 11) is 0. The second kappa shape index (κ2) is 15.8. The van der Waals surface area contributed by atoms with Gasteiger partial charge < -0.3 is 28.4 Å². The van der Waals surface area contributed by atoms with Crippen molar-refractivity contribution < 1.29 is 42.8 Å². The van der Waals surface area contributed by atoms with Gasteiger partial charge in [-0.15, -0.1) is 0 Å². The molecular weight excluding hydrogens is 684 g/mol. The van der Waals surface area contributed by atoms with Gasteiger partial charge in [0.25, 0.3) is 0 Å². The van der Waals surface area contributed by atoms with Crippen LogP contribution in [0.3, 0.4) is 0 Å². The average molecular weight is 721 g/mol. The molecule has 0 spiro atoms. The van der Waals surface area contributed by atoms with E-state index in [0.717, 1.165) is 32.3 Å². The molecule has 0 aliphatic rings. The highest BCUT2D eigenvalue weighted by atomic mass is 16.6. The summed E-state index contributed by atoms with van der Waals surface area (Å²) < 4.78 is 36.4. The molecule has 9 nitrogen and oxygen atoms in total. The number of fused-ring (bicyclic) bond motifs is 3. The lowest BCUT2D eigenvalue weighted by molar-refractivity contribution is 0.0511. The average Bonchev–Trinajstić information content (AvgIpc) is 3.18. The number of carbonyl (C=O) groups excluding carboxylic acids is 3. The second-order valence-corrected chi connectivity index (χ2v) is 12.1. The van der Waals surface area contributed by atoms with Crippen molar-refractivity contribution in [3.05, 3.63) is 144 Å². The van der Waals surface area contributed by atoms with E-state index >= 15 is 0 Å². The van der Waals surface area contributed by atoms with Gasteiger partial charge >= 0.3 is 17.9 Å². The summed E-state index contributed by atoms with van der Waals surface area (Å²) in [5.74, 6) is -2.79. The van der Waals surface area contributed by atoms with E-state index in [0.29, 0.717) is 0 Å². The Morgan fingerprint density at radius 2 is 0.630 bits per heavy atom. The van der Waals surface area contributed by atoms with Crippen LogP contribution in [0.15, 0.2) is 127 Å². The standard InChI is InChI=1S/C45H36O9/c1-4-49-43(46)37-40(52-34-22-19-28-13-7-10-16-31(28)25-34)38(44(47)50-5-2)42(54-36-24-21-30-15-9-12-18-33(30)27-36)39(45(48)51-6-3)41(37)53-35-23-20-29-14-8-11-17-32(29)26-35/h7-27H,4-6H2,1-3H3. The molecule has 0 bridgehead atoms. The molecule has 0 aliphatic heterocycles. The SMILES string of the molecule is CCOC(=O)c1c(Oc2ccc3ccccc3c2)c(C(=O)OCC)c(Oc2ccc3ccccc3c2)c(C(=O)OCC)c1Oc1ccc2ccccc2c1. The fourth-order valence-corrected chi connectivity index (χ4v) is 6.20. The van der Waals surface area contributed by atoms with E-state index in [1.54, 1.807) is 57.2 Å². The molecule has 0 radical (unpaired) electrons. The molecule has 0 heterocycles. The zero-order valence-electron chi connectivity index (χ0n) is 29.9. The van der Waals surface area contributed by atoms with Crippen molar-refractivity contribution in [2.24, 2.45) is 0 Å². The van der Waals surface area contributed by atoms with Crippen LogP contribution in [0.2, 0.25) is 0 Å². The van der Waals surface area contributed by atoms with Gasteiger partial charge in [0.15, 0.2) is 17.2 Å². The van der Waals surface area contributed by atoms with E-state index in [1.807, 2.05) is 91.0 Å². The first-order valence-corrected chi connectivity index (χ1v) is 17.6. The molecule has 0 N–H and O–H groups in total. The lowest BCUT2D eigenvalue weighted by Gasteiger charge is -2.24. The van der Waals surface area contributed by atoms with Gasteiger partial charge in [-0.1, -0.05) is 91.0 Å². The Labute approximate surface area is 311 Å². The number of carbonyl (C=O) groups is 3. The minimum Gasteiger partial charge on any atom is -0.462 e. The Kier molecular flexibility index (Phi) is 10.4. The summed E-state index contributed by atoms with van der Waals surface area (Å²) in [5.41, 5.74) is -1.01. The minimum absolute atomic E-state index is 0.0392. The fourth-order valence-electron chi connectivity index (χ4n) is 6.20. The molecule has 0 fully saturated rings. The summed E-state index contributed by atoms with van der Waals surface area (Å²) in [5, 5.41) is 5.36. The maximum absolute atomic E-state index is 14.2. The number of hydrogen-bond donors (Lipinski definition) is 0. The highest BCUT2D eigenvalue weighted by Crippen LogP contribution is 2.49. The minimum atomic E-state index is -0.919. The van der Waals surface area contributed by atoms with E-state index in [-0.39, 0.29) is 71.0 Å². The summed E-state index contributed by atoms with van der Waals surface area (Å²) in [4.78, 5) is 42.7. The van der Waals surface area contributed by atoms with Crippen molar-refractivity contribution in [1.29, 1.82) is 0 Å². The Morgan fingerprint density at radius 3 is 0.889 bits per heavy atom. The third kappa shape index (κ3) is 7.25. The van der Waals surface area contributed by atoms with Crippen LogP contribution in [0, 0.1) is 0 Å². The molecule has 0 aliphatic carbocycles. The molecule has 270 valence electrons. The van der Waals surface area contributed by atoms with Gasteiger partial charge in [-0.2, -0.15) is 0 Å². The van der Waals surface area contributed by atoms with E-state index in [9.17, 15) is 14.4 Å². The molecule has 0 unspecified atom stereocenters. The largest absolute Gasteiger partial charge is 0.462 e. The van der Waals surface area contributed by atoms with Gasteiger partial charge in [-0.25, -0.2) is 14.4 Å². The summed E-state index contributed by atoms with van der Waals surface area (Å²) in [6.07, 6.45) is 0. The number of benzene rings is 7. The van der Waals surface area contributed by atoms with Gasteiger partial charge in [-0.3, -0.25) is 0 Å². The van der Waals surface area contributed by atoms with Crippen molar-refractivity contribution in [2.75, 3.05) is 19.8 Å². The number of hydrogen-bond acceptors (Lipinski definition) is 9. The first kappa shape index (κ1) is 35.5. The van der Waals surface area contributed by atoms with Gasteiger partial charge in [-0.05, 0) is 89.5 Å². The molecule has 7 rings (SSSR count). The first-order valence-electron chi connectivity index (χ1n) is 17.6. The monoisotopic (exact) mass is 720 g/mol. The normalized spacial score (nSPS) is 10.9. The summed E-state index contributed by atoms with van der Waals surface area (Å²) in [6.45, 7) is 4.80. The molecule has 0 saturated heterocycles. The molecule has 54 heavy (non-hydrogen) atoms. The third-order valence-corrected chi connectivity index (χ3v) is 8.62. The van der Waals surface area contributed by atoms with Crippen LogP contribution < -0.4 is 14.2 Å². The molecule has 0 atom stereocenters. The third-order valence-electron chi connectivity index (χ3n) is 8.62. The fraction of sp³-hybridized carbons (Fsp3) is 0.133. The highest BCUT2D eigenvalue weighted by molar-refractivity contribution is 6.11. The molecule has 0 saturated carbocycles. The molecule has 7 aromatic rings. The van der Waals surface area contributed by atoms with Crippen molar-refractivity contribution >= 4 is 50.2 Å². The summed E-state index contributed by atoms with van der Waals surface area (Å²) in [6, 6.07) is 39.0. The smallest absolute Gasteiger partial charge is 0.345 e. The van der Waals surface area contributed by atoms with Crippen molar-refractivity contribution in [3.63, 3.8) is 0 Å². The van der Waals surface area contributed by atoms with Gasteiger partial charge in [0.05, 0.1) is 19.8 Å². The molecule has 7 aromatic carbocycles. The summed E-state index contributed by atoms with van der Waals surface area (Å²) >= 11 is 0. The zero-order chi connectivity index (χ0) is 37.6. The molecule has 0 aromatic heterocycles. The van der Waals surface area contributed by atoms with Crippen LogP contribution in [-0.2, 0) is 14.2 Å². The van der Waals surface area contributed by atoms with Crippen molar-refractivity contribution in [2.45, 2.75) is 20.8 Å². The van der Waals surface area contributed by atoms with Crippen molar-refractivity contribution in [3.8, 4) is 34.5 Å². The quantitative estimate of drug-likeness (QED) is 0.0900. The van der Waals surface area contributed by atoms with Crippen LogP contribution >= 0.6 is 0 Å². The van der Waals surface area contributed by atoms with Gasteiger partial charge in [0.2, 0.25) is 0 Å². The van der Waals surface area contributed by atoms with E-state index in [2.05, 4.69) is 0 Å². The Balaban J connectivity index is 1.57. The topological polar surface area (TPSA) is 107 Å². The van der Waals surface area contributed by atoms with Crippen LogP contribution in [0.25, 0.3) is 32.3 Å². The maximum atomic E-state index is 14.2. The lowest BCUT2D eigenvalue weighted by Crippen LogP contribution is -2.19. The van der Waals surface area contributed by atoms with E-state index in [4.69, 9.17) is 28.4 Å². The van der Waals surface area contributed by atoms with Crippen LogP contribution in [0.1, 0.15) is 51.8 Å². The van der Waals surface area contributed by atoms with E-state index < -0.39 is 17.9 Å². The predicted octanol–water partition coefficient (Wildman–Crippen LogP) is 11.1. The number of rotatable bonds is 12. The van der Waals surface area contributed by atoms with Crippen molar-refractivity contribution in [1.82, 2.24) is 0 Å². The molecular formula is C45H36O9. The molecule has 0 amide bonds. The maximum Gasteiger partial charge on any atom is 0.345 e. The Hall–Kier alpha value is -6.87. The van der Waals surface area contributed by atoms with Crippen LogP contribution in [0.5, 0.6) is 34.5 Å². The number of ether oxygens (including phenoxy) is 6. The van der Waals surface area contributed by atoms with E-state index in [1.165, 1.54) is 0 Å². The van der Waals surface area contributed by atoms with Gasteiger partial charge in [0.1, 0.15) is 33.9 Å². The zero-order valence-corrected chi connectivity index (χ0v) is 29.9. The first-order chi connectivity index (χ1) is 26.4. The highest BCUT2D eigenvalue weighted by Gasteiger charge is 2.40.